The average Bonchev–Trinajstić information content (AvgIpc) is 2.92. The fourth-order valence-electron chi connectivity index (χ4n) is 3.13. The summed E-state index contributed by atoms with van der Waals surface area (Å²) in [6.07, 6.45) is 4.20. The van der Waals surface area contributed by atoms with Crippen molar-refractivity contribution in [2.75, 3.05) is 0 Å². The van der Waals surface area contributed by atoms with E-state index in [2.05, 4.69) is 15.7 Å². The molecular weight excluding hydrogens is 336 g/mol. The van der Waals surface area contributed by atoms with Gasteiger partial charge in [-0.25, -0.2) is 4.79 Å². The van der Waals surface area contributed by atoms with Crippen LogP contribution in [0, 0.1) is 10.9 Å². The summed E-state index contributed by atoms with van der Waals surface area (Å²) in [5.41, 5.74) is 2.43. The fourth-order valence-corrected chi connectivity index (χ4v) is 4.42. The third-order valence-corrected chi connectivity index (χ3v) is 5.69. The van der Waals surface area contributed by atoms with Gasteiger partial charge in [-0.1, -0.05) is 19.3 Å². The Hall–Kier alpha value is -1.74. The first kappa shape index (κ1) is 16.1. The zero-order valence-electron chi connectivity index (χ0n) is 12.7. The monoisotopic (exact) mass is 354 g/mol. The first-order valence-corrected chi connectivity index (χ1v) is 8.78. The maximum Gasteiger partial charge on any atom is 0.344 e. The van der Waals surface area contributed by atoms with Crippen molar-refractivity contribution in [2.45, 2.75) is 51.0 Å². The number of carbonyl (C=O) groups excluding carboxylic acids is 3. The molecule has 124 valence electrons. The molecular formula is C14H18N4O3S2. The summed E-state index contributed by atoms with van der Waals surface area (Å²) >= 11 is 6.36. The Morgan fingerprint density at radius 3 is 2.65 bits per heavy atom. The summed E-state index contributed by atoms with van der Waals surface area (Å²) in [5, 5.41) is 3.58. The van der Waals surface area contributed by atoms with Gasteiger partial charge in [-0.3, -0.25) is 15.0 Å². The molecule has 9 heteroatoms. The number of aryl methyl sites for hydroxylation is 1. The van der Waals surface area contributed by atoms with Crippen LogP contribution in [-0.2, 0) is 16.0 Å². The smallest absolute Gasteiger partial charge is 0.341 e. The standard InChI is InChI=1S/C14H18N4O3S2/c1-8-9(23-13(22)15-8)7-10(19)17-18-11(20)14(16-12(18)21)5-3-2-4-6-14/h2-7H2,1H3,(H,15,22)(H,16,21)(H,17,19). The number of nitrogens with zero attached hydrogens (tertiary/aromatic N) is 1. The molecule has 1 aliphatic heterocycles. The molecule has 1 saturated carbocycles. The number of imide groups is 1. The molecule has 1 aromatic rings. The first-order valence-electron chi connectivity index (χ1n) is 7.56. The van der Waals surface area contributed by atoms with Gasteiger partial charge in [0.15, 0.2) is 3.95 Å². The number of hydrogen-bond donors (Lipinski definition) is 3. The number of urea groups is 1. The van der Waals surface area contributed by atoms with Crippen LogP contribution in [0.2, 0.25) is 0 Å². The van der Waals surface area contributed by atoms with Gasteiger partial charge in [0.05, 0.1) is 6.42 Å². The van der Waals surface area contributed by atoms with Gasteiger partial charge in [-0.2, -0.15) is 5.01 Å². The van der Waals surface area contributed by atoms with Crippen molar-refractivity contribution in [3.63, 3.8) is 0 Å². The van der Waals surface area contributed by atoms with Crippen LogP contribution in [0.15, 0.2) is 0 Å². The summed E-state index contributed by atoms with van der Waals surface area (Å²) in [6, 6.07) is -0.552. The van der Waals surface area contributed by atoms with E-state index in [0.717, 1.165) is 34.8 Å². The predicted molar refractivity (Wildman–Crippen MR) is 87.3 cm³/mol. The van der Waals surface area contributed by atoms with E-state index in [0.29, 0.717) is 16.8 Å². The van der Waals surface area contributed by atoms with E-state index < -0.39 is 17.5 Å². The molecule has 1 aromatic heterocycles. The Bertz CT molecular complexity index is 718. The van der Waals surface area contributed by atoms with Gasteiger partial charge < -0.3 is 10.3 Å². The summed E-state index contributed by atoms with van der Waals surface area (Å²) in [7, 11) is 0. The van der Waals surface area contributed by atoms with Crippen LogP contribution < -0.4 is 10.7 Å². The number of rotatable bonds is 3. The molecule has 0 atom stereocenters. The zero-order chi connectivity index (χ0) is 16.6. The highest BCUT2D eigenvalue weighted by molar-refractivity contribution is 7.73. The summed E-state index contributed by atoms with van der Waals surface area (Å²) < 4.78 is 0.599. The van der Waals surface area contributed by atoms with Crippen LogP contribution in [-0.4, -0.2) is 33.4 Å². The Balaban J connectivity index is 1.68. The molecule has 0 aromatic carbocycles. The molecule has 2 fully saturated rings. The molecule has 0 radical (unpaired) electrons. The van der Waals surface area contributed by atoms with Crippen LogP contribution in [0.4, 0.5) is 4.79 Å². The molecule has 3 N–H and O–H groups in total. The number of H-pyrrole nitrogens is 1. The van der Waals surface area contributed by atoms with Crippen molar-refractivity contribution >= 4 is 41.4 Å². The number of aromatic amines is 1. The average molecular weight is 354 g/mol. The minimum absolute atomic E-state index is 0.0771. The molecule has 23 heavy (non-hydrogen) atoms. The van der Waals surface area contributed by atoms with Gasteiger partial charge in [0.25, 0.3) is 5.91 Å². The molecule has 7 nitrogen and oxygen atoms in total. The van der Waals surface area contributed by atoms with E-state index >= 15 is 0 Å². The normalized spacial score (nSPS) is 20.0. The number of aromatic nitrogens is 1. The molecule has 2 heterocycles. The lowest BCUT2D eigenvalue weighted by atomic mass is 9.82. The van der Waals surface area contributed by atoms with Gasteiger partial charge in [0.1, 0.15) is 5.54 Å². The Labute approximate surface area is 142 Å². The van der Waals surface area contributed by atoms with Crippen LogP contribution in [0.5, 0.6) is 0 Å². The molecule has 4 amide bonds. The van der Waals surface area contributed by atoms with Crippen LogP contribution in [0.3, 0.4) is 0 Å². The number of carbonyl (C=O) groups is 3. The highest BCUT2D eigenvalue weighted by atomic mass is 32.1. The van der Waals surface area contributed by atoms with Gasteiger partial charge in [-0.05, 0) is 32.0 Å². The minimum atomic E-state index is -0.830. The number of amides is 4. The lowest BCUT2D eigenvalue weighted by Gasteiger charge is -2.30. The van der Waals surface area contributed by atoms with Crippen LogP contribution in [0.1, 0.15) is 42.7 Å². The predicted octanol–water partition coefficient (Wildman–Crippen LogP) is 1.94. The van der Waals surface area contributed by atoms with Crippen molar-refractivity contribution in [3.05, 3.63) is 14.5 Å². The second-order valence-electron chi connectivity index (χ2n) is 5.99. The van der Waals surface area contributed by atoms with E-state index in [1.165, 1.54) is 11.3 Å². The number of hydrazine groups is 1. The summed E-state index contributed by atoms with van der Waals surface area (Å²) in [4.78, 5) is 40.6. The molecule has 2 aliphatic rings. The molecule has 1 aliphatic carbocycles. The summed E-state index contributed by atoms with van der Waals surface area (Å²) in [6.45, 7) is 1.83. The second kappa shape index (κ2) is 6.04. The maximum absolute atomic E-state index is 12.6. The van der Waals surface area contributed by atoms with Gasteiger partial charge in [0.2, 0.25) is 5.91 Å². The lowest BCUT2D eigenvalue weighted by molar-refractivity contribution is -0.139. The highest BCUT2D eigenvalue weighted by Gasteiger charge is 2.52. The van der Waals surface area contributed by atoms with Gasteiger partial charge in [-0.15, -0.1) is 11.3 Å². The zero-order valence-corrected chi connectivity index (χ0v) is 14.4. The van der Waals surface area contributed by atoms with E-state index in [4.69, 9.17) is 12.2 Å². The van der Waals surface area contributed by atoms with E-state index in [9.17, 15) is 14.4 Å². The third-order valence-electron chi connectivity index (χ3n) is 4.35. The Kier molecular flexibility index (Phi) is 4.24. The minimum Gasteiger partial charge on any atom is -0.341 e. The molecule has 1 saturated heterocycles. The Morgan fingerprint density at radius 1 is 1.35 bits per heavy atom. The van der Waals surface area contributed by atoms with Crippen molar-refractivity contribution in [3.8, 4) is 0 Å². The van der Waals surface area contributed by atoms with E-state index in [1.807, 2.05) is 6.92 Å². The maximum atomic E-state index is 12.6. The highest BCUT2D eigenvalue weighted by Crippen LogP contribution is 2.33. The van der Waals surface area contributed by atoms with Gasteiger partial charge >= 0.3 is 6.03 Å². The van der Waals surface area contributed by atoms with Gasteiger partial charge in [0, 0.05) is 10.6 Å². The largest absolute Gasteiger partial charge is 0.344 e. The second-order valence-corrected chi connectivity index (χ2v) is 7.76. The number of nitrogens with one attached hydrogen (secondary N) is 3. The molecule has 3 rings (SSSR count). The summed E-state index contributed by atoms with van der Waals surface area (Å²) in [5.74, 6) is -0.760. The molecule has 0 unspecified atom stereocenters. The van der Waals surface area contributed by atoms with Crippen molar-refractivity contribution in [1.29, 1.82) is 0 Å². The molecule has 0 bridgehead atoms. The SMILES string of the molecule is Cc1[nH]c(=S)sc1CC(=O)NN1C(=O)NC2(CCCCC2)C1=O. The number of hydrogen-bond acceptors (Lipinski definition) is 5. The van der Waals surface area contributed by atoms with Crippen LogP contribution >= 0.6 is 23.6 Å². The lowest BCUT2D eigenvalue weighted by Crippen LogP contribution is -2.51. The van der Waals surface area contributed by atoms with Crippen molar-refractivity contribution in [1.82, 2.24) is 20.7 Å². The quantitative estimate of drug-likeness (QED) is 0.571. The van der Waals surface area contributed by atoms with E-state index in [1.54, 1.807) is 0 Å². The van der Waals surface area contributed by atoms with Crippen molar-refractivity contribution < 1.29 is 14.4 Å². The first-order chi connectivity index (χ1) is 10.9. The van der Waals surface area contributed by atoms with E-state index in [-0.39, 0.29) is 12.3 Å². The molecule has 1 spiro atoms. The third kappa shape index (κ3) is 3.02. The number of thiazole rings is 1. The Morgan fingerprint density at radius 2 is 2.04 bits per heavy atom. The topological polar surface area (TPSA) is 94.3 Å². The van der Waals surface area contributed by atoms with Crippen molar-refractivity contribution in [2.24, 2.45) is 0 Å². The van der Waals surface area contributed by atoms with Crippen LogP contribution in [0.25, 0.3) is 0 Å². The fraction of sp³-hybridized carbons (Fsp3) is 0.571.